The molecule has 2 aromatic carbocycles. The minimum Gasteiger partial charge on any atom is -0.322 e. The molecule has 0 saturated heterocycles. The van der Waals surface area contributed by atoms with Crippen molar-refractivity contribution in [1.82, 2.24) is 20.2 Å². The number of hydrogen-bond acceptors (Lipinski definition) is 4. The first-order chi connectivity index (χ1) is 12.8. The van der Waals surface area contributed by atoms with E-state index >= 15 is 0 Å². The van der Waals surface area contributed by atoms with Crippen molar-refractivity contribution in [3.05, 3.63) is 59.9 Å². The summed E-state index contributed by atoms with van der Waals surface area (Å²) >= 11 is 0. The van der Waals surface area contributed by atoms with E-state index in [4.69, 9.17) is 0 Å². The normalized spacial score (nSPS) is 12.6. The summed E-state index contributed by atoms with van der Waals surface area (Å²) in [6, 6.07) is 9.12. The van der Waals surface area contributed by atoms with Crippen molar-refractivity contribution in [3.63, 3.8) is 0 Å². The lowest BCUT2D eigenvalue weighted by molar-refractivity contribution is -0.137. The second kappa shape index (κ2) is 7.14. The number of tetrazole rings is 1. The van der Waals surface area contributed by atoms with Crippen molar-refractivity contribution < 1.29 is 22.4 Å². The molecule has 0 saturated carbocycles. The summed E-state index contributed by atoms with van der Waals surface area (Å²) in [7, 11) is 0. The smallest absolute Gasteiger partial charge is 0.322 e. The fraction of sp³-hybridized carbons (Fsp3) is 0.176. The van der Waals surface area contributed by atoms with Crippen LogP contribution in [-0.2, 0) is 11.0 Å². The lowest BCUT2D eigenvalue weighted by atomic mass is 10.1. The van der Waals surface area contributed by atoms with Crippen LogP contribution in [0.5, 0.6) is 0 Å². The number of nitrogens with one attached hydrogen (secondary N) is 1. The second-order valence-corrected chi connectivity index (χ2v) is 5.66. The Labute approximate surface area is 150 Å². The fourth-order valence-corrected chi connectivity index (χ4v) is 2.24. The highest BCUT2D eigenvalue weighted by atomic mass is 19.4. The van der Waals surface area contributed by atoms with Gasteiger partial charge in [-0.3, -0.25) is 4.79 Å². The second-order valence-electron chi connectivity index (χ2n) is 5.66. The highest BCUT2D eigenvalue weighted by Gasteiger charge is 2.31. The van der Waals surface area contributed by atoms with Gasteiger partial charge in [-0.1, -0.05) is 24.3 Å². The Morgan fingerprint density at radius 2 is 1.89 bits per heavy atom. The van der Waals surface area contributed by atoms with Gasteiger partial charge in [-0.05, 0) is 36.4 Å². The maximum Gasteiger partial charge on any atom is 0.416 e. The number of benzene rings is 2. The summed E-state index contributed by atoms with van der Waals surface area (Å²) in [5.41, 5.74) is -0.743. The molecule has 0 radical (unpaired) electrons. The molecule has 0 spiro atoms. The number of carbonyl (C=O) groups is 1. The van der Waals surface area contributed by atoms with Crippen LogP contribution < -0.4 is 5.32 Å². The number of amides is 1. The van der Waals surface area contributed by atoms with Crippen molar-refractivity contribution in [3.8, 4) is 11.4 Å². The van der Waals surface area contributed by atoms with Gasteiger partial charge >= 0.3 is 6.18 Å². The average Bonchev–Trinajstić information content (AvgIpc) is 3.12. The highest BCUT2D eigenvalue weighted by molar-refractivity contribution is 5.93. The first-order valence-corrected chi connectivity index (χ1v) is 7.78. The minimum absolute atomic E-state index is 0.00688. The third kappa shape index (κ3) is 4.10. The molecule has 27 heavy (non-hydrogen) atoms. The summed E-state index contributed by atoms with van der Waals surface area (Å²) in [5.74, 6) is -1.27. The van der Waals surface area contributed by atoms with E-state index in [1.54, 1.807) is 6.07 Å². The fourth-order valence-electron chi connectivity index (χ4n) is 2.24. The zero-order valence-corrected chi connectivity index (χ0v) is 13.9. The Morgan fingerprint density at radius 3 is 2.59 bits per heavy atom. The molecule has 6 nitrogen and oxygen atoms in total. The van der Waals surface area contributed by atoms with Crippen LogP contribution in [0.15, 0.2) is 48.5 Å². The van der Waals surface area contributed by atoms with E-state index in [1.807, 2.05) is 0 Å². The summed E-state index contributed by atoms with van der Waals surface area (Å²) in [4.78, 5) is 13.2. The molecule has 1 aromatic heterocycles. The number of para-hydroxylation sites is 1. The van der Waals surface area contributed by atoms with Crippen molar-refractivity contribution in [2.24, 2.45) is 0 Å². The van der Waals surface area contributed by atoms with Gasteiger partial charge in [0.25, 0.3) is 5.91 Å². The molecule has 0 unspecified atom stereocenters. The Balaban J connectivity index is 1.79. The maximum absolute atomic E-state index is 13.6. The van der Waals surface area contributed by atoms with E-state index in [1.165, 1.54) is 37.3 Å². The van der Waals surface area contributed by atoms with Crippen LogP contribution in [0.1, 0.15) is 18.5 Å². The zero-order valence-electron chi connectivity index (χ0n) is 13.9. The zero-order chi connectivity index (χ0) is 19.6. The predicted octanol–water partition coefficient (Wildman–Crippen LogP) is 3.70. The number of alkyl halides is 3. The number of nitrogens with zero attached hydrogens (tertiary/aromatic N) is 4. The summed E-state index contributed by atoms with van der Waals surface area (Å²) in [6.45, 7) is 1.45. The van der Waals surface area contributed by atoms with Gasteiger partial charge in [0.1, 0.15) is 11.9 Å². The van der Waals surface area contributed by atoms with Crippen molar-refractivity contribution >= 4 is 11.6 Å². The molecule has 140 valence electrons. The molecule has 1 amide bonds. The standard InChI is InChI=1S/C17H13F4N5O/c1-10(16(27)22-14-8-3-2-7-13(14)18)26-24-15(23-25-26)11-5-4-6-12(9-11)17(19,20)21/h2-10H,1H3,(H,22,27)/t10-/m0/s1. The van der Waals surface area contributed by atoms with Crippen LogP contribution in [-0.4, -0.2) is 26.1 Å². The quantitative estimate of drug-likeness (QED) is 0.702. The lowest BCUT2D eigenvalue weighted by Gasteiger charge is -2.11. The summed E-state index contributed by atoms with van der Waals surface area (Å²) in [5, 5.41) is 13.8. The van der Waals surface area contributed by atoms with Crippen LogP contribution in [0.25, 0.3) is 11.4 Å². The molecule has 1 N–H and O–H groups in total. The molecular weight excluding hydrogens is 366 g/mol. The molecule has 10 heteroatoms. The Bertz CT molecular complexity index is 970. The van der Waals surface area contributed by atoms with Gasteiger partial charge in [-0.25, -0.2) is 4.39 Å². The van der Waals surface area contributed by atoms with Gasteiger partial charge in [-0.15, -0.1) is 10.2 Å². The van der Waals surface area contributed by atoms with Crippen LogP contribution in [0.3, 0.4) is 0 Å². The molecule has 0 aliphatic heterocycles. The molecule has 3 rings (SSSR count). The molecule has 1 heterocycles. The van der Waals surface area contributed by atoms with Crippen molar-refractivity contribution in [2.75, 3.05) is 5.32 Å². The van der Waals surface area contributed by atoms with Crippen LogP contribution in [0, 0.1) is 5.82 Å². The average molecular weight is 379 g/mol. The Morgan fingerprint density at radius 1 is 1.15 bits per heavy atom. The van der Waals surface area contributed by atoms with Crippen molar-refractivity contribution in [2.45, 2.75) is 19.1 Å². The lowest BCUT2D eigenvalue weighted by Crippen LogP contribution is -2.25. The molecule has 0 aliphatic carbocycles. The Hall–Kier alpha value is -3.30. The van der Waals surface area contributed by atoms with Gasteiger partial charge in [-0.2, -0.15) is 18.0 Å². The number of hydrogen-bond donors (Lipinski definition) is 1. The van der Waals surface area contributed by atoms with E-state index in [2.05, 4.69) is 20.7 Å². The third-order valence-corrected chi connectivity index (χ3v) is 3.73. The third-order valence-electron chi connectivity index (χ3n) is 3.73. The number of anilines is 1. The van der Waals surface area contributed by atoms with Gasteiger partial charge < -0.3 is 5.32 Å². The first kappa shape index (κ1) is 18.5. The molecule has 0 aliphatic rings. The summed E-state index contributed by atoms with van der Waals surface area (Å²) in [6.07, 6.45) is -4.50. The molecule has 0 bridgehead atoms. The first-order valence-electron chi connectivity index (χ1n) is 7.78. The van der Waals surface area contributed by atoms with E-state index in [9.17, 15) is 22.4 Å². The van der Waals surface area contributed by atoms with E-state index in [0.717, 1.165) is 16.9 Å². The van der Waals surface area contributed by atoms with Gasteiger partial charge in [0.15, 0.2) is 0 Å². The van der Waals surface area contributed by atoms with Crippen LogP contribution >= 0.6 is 0 Å². The number of halogens is 4. The van der Waals surface area contributed by atoms with Gasteiger partial charge in [0, 0.05) is 5.56 Å². The highest BCUT2D eigenvalue weighted by Crippen LogP contribution is 2.31. The topological polar surface area (TPSA) is 72.7 Å². The van der Waals surface area contributed by atoms with Crippen LogP contribution in [0.2, 0.25) is 0 Å². The molecule has 0 fully saturated rings. The molecular formula is C17H13F4N5O. The van der Waals surface area contributed by atoms with Crippen molar-refractivity contribution in [1.29, 1.82) is 0 Å². The monoisotopic (exact) mass is 379 g/mol. The molecule has 1 atom stereocenters. The minimum atomic E-state index is -4.50. The predicted molar refractivity (Wildman–Crippen MR) is 88.0 cm³/mol. The van der Waals surface area contributed by atoms with E-state index in [0.29, 0.717) is 0 Å². The maximum atomic E-state index is 13.6. The van der Waals surface area contributed by atoms with E-state index in [-0.39, 0.29) is 17.1 Å². The SMILES string of the molecule is C[C@@H](C(=O)Nc1ccccc1F)n1nnc(-c2cccc(C(F)(F)F)c2)n1. The molecule has 3 aromatic rings. The Kier molecular flexibility index (Phi) is 4.89. The number of carbonyl (C=O) groups excluding carboxylic acids is 1. The number of aromatic nitrogens is 4. The van der Waals surface area contributed by atoms with E-state index < -0.39 is 29.5 Å². The van der Waals surface area contributed by atoms with Crippen LogP contribution in [0.4, 0.5) is 23.2 Å². The summed E-state index contributed by atoms with van der Waals surface area (Å²) < 4.78 is 52.1. The number of rotatable bonds is 4. The van der Waals surface area contributed by atoms with Gasteiger partial charge in [0.05, 0.1) is 11.3 Å². The van der Waals surface area contributed by atoms with Gasteiger partial charge in [0.2, 0.25) is 5.82 Å². The largest absolute Gasteiger partial charge is 0.416 e.